The number of aryl methyl sites for hydroxylation is 3. The standard InChI is InChI=1S/C16H18N2O3S/c1-8-5-6-9(2)12(7-8)18-14(19)10(3)15-17-11(4)13(22-15)16(20)21/h5-7,10H,1-4H3,(H,18,19)(H,20,21)/t10-/m1/s1. The smallest absolute Gasteiger partial charge is 0.347 e. The molecule has 6 heteroatoms. The summed E-state index contributed by atoms with van der Waals surface area (Å²) in [4.78, 5) is 27.8. The Kier molecular flexibility index (Phi) is 4.61. The van der Waals surface area contributed by atoms with Crippen molar-refractivity contribution in [3.8, 4) is 0 Å². The van der Waals surface area contributed by atoms with Gasteiger partial charge < -0.3 is 10.4 Å². The number of nitrogens with one attached hydrogen (secondary N) is 1. The van der Waals surface area contributed by atoms with Crippen LogP contribution in [-0.2, 0) is 4.79 Å². The van der Waals surface area contributed by atoms with Crippen LogP contribution in [0.25, 0.3) is 0 Å². The summed E-state index contributed by atoms with van der Waals surface area (Å²) in [5.41, 5.74) is 3.25. The van der Waals surface area contributed by atoms with E-state index in [1.807, 2.05) is 32.0 Å². The van der Waals surface area contributed by atoms with Gasteiger partial charge in [0.15, 0.2) is 0 Å². The highest BCUT2D eigenvalue weighted by Gasteiger charge is 2.23. The van der Waals surface area contributed by atoms with E-state index in [1.54, 1.807) is 13.8 Å². The number of aromatic nitrogens is 1. The SMILES string of the molecule is Cc1ccc(C)c(NC(=O)[C@@H](C)c2nc(C)c(C(=O)O)s2)c1. The molecule has 0 aliphatic carbocycles. The first kappa shape index (κ1) is 16.2. The van der Waals surface area contributed by atoms with Crippen molar-refractivity contribution in [3.63, 3.8) is 0 Å². The van der Waals surface area contributed by atoms with Crippen LogP contribution in [0.3, 0.4) is 0 Å². The summed E-state index contributed by atoms with van der Waals surface area (Å²) in [5, 5.41) is 12.5. The molecule has 1 atom stereocenters. The number of benzene rings is 1. The van der Waals surface area contributed by atoms with Crippen LogP contribution in [0.1, 0.15) is 44.3 Å². The number of thiazole rings is 1. The van der Waals surface area contributed by atoms with E-state index in [9.17, 15) is 9.59 Å². The van der Waals surface area contributed by atoms with Crippen molar-refractivity contribution in [3.05, 3.63) is 44.9 Å². The monoisotopic (exact) mass is 318 g/mol. The maximum absolute atomic E-state index is 12.4. The van der Waals surface area contributed by atoms with Gasteiger partial charge in [-0.05, 0) is 44.9 Å². The summed E-state index contributed by atoms with van der Waals surface area (Å²) in [5.74, 6) is -1.71. The van der Waals surface area contributed by atoms with E-state index >= 15 is 0 Å². The number of hydrogen-bond donors (Lipinski definition) is 2. The summed E-state index contributed by atoms with van der Waals surface area (Å²) >= 11 is 1.05. The molecule has 0 fully saturated rings. The predicted molar refractivity (Wildman–Crippen MR) is 86.8 cm³/mol. The maximum Gasteiger partial charge on any atom is 0.347 e. The van der Waals surface area contributed by atoms with Crippen LogP contribution in [-0.4, -0.2) is 22.0 Å². The van der Waals surface area contributed by atoms with Crippen LogP contribution in [0.5, 0.6) is 0 Å². The second kappa shape index (κ2) is 6.27. The van der Waals surface area contributed by atoms with Gasteiger partial charge in [-0.15, -0.1) is 11.3 Å². The first-order valence-electron chi connectivity index (χ1n) is 6.88. The van der Waals surface area contributed by atoms with Crippen molar-refractivity contribution in [2.45, 2.75) is 33.6 Å². The molecular formula is C16H18N2O3S. The first-order chi connectivity index (χ1) is 10.3. The molecule has 1 heterocycles. The second-order valence-electron chi connectivity index (χ2n) is 5.30. The van der Waals surface area contributed by atoms with Gasteiger partial charge in [0.25, 0.3) is 0 Å². The number of carbonyl (C=O) groups excluding carboxylic acids is 1. The lowest BCUT2D eigenvalue weighted by Gasteiger charge is -2.12. The molecule has 0 bridgehead atoms. The summed E-state index contributed by atoms with van der Waals surface area (Å²) in [7, 11) is 0. The molecule has 2 rings (SSSR count). The van der Waals surface area contributed by atoms with Crippen molar-refractivity contribution < 1.29 is 14.7 Å². The number of nitrogens with zero attached hydrogens (tertiary/aromatic N) is 1. The zero-order valence-corrected chi connectivity index (χ0v) is 13.7. The molecule has 1 aromatic heterocycles. The number of aromatic carboxylic acids is 1. The van der Waals surface area contributed by atoms with E-state index in [-0.39, 0.29) is 10.8 Å². The lowest BCUT2D eigenvalue weighted by molar-refractivity contribution is -0.117. The van der Waals surface area contributed by atoms with Crippen LogP contribution < -0.4 is 5.32 Å². The predicted octanol–water partition coefficient (Wildman–Crippen LogP) is 3.51. The Hall–Kier alpha value is -2.21. The number of carboxylic acid groups (broad SMARTS) is 1. The van der Waals surface area contributed by atoms with Crippen LogP contribution in [0.15, 0.2) is 18.2 Å². The van der Waals surface area contributed by atoms with Crippen LogP contribution in [0.2, 0.25) is 0 Å². The Morgan fingerprint density at radius 3 is 2.55 bits per heavy atom. The van der Waals surface area contributed by atoms with E-state index in [0.29, 0.717) is 10.7 Å². The average Bonchev–Trinajstić information content (AvgIpc) is 2.84. The maximum atomic E-state index is 12.4. The highest BCUT2D eigenvalue weighted by molar-refractivity contribution is 7.13. The van der Waals surface area contributed by atoms with E-state index in [4.69, 9.17) is 5.11 Å². The average molecular weight is 318 g/mol. The van der Waals surface area contributed by atoms with Crippen LogP contribution in [0, 0.1) is 20.8 Å². The van der Waals surface area contributed by atoms with Crippen molar-refractivity contribution in [2.75, 3.05) is 5.32 Å². The molecule has 0 aliphatic heterocycles. The number of carboxylic acids is 1. The number of anilines is 1. The summed E-state index contributed by atoms with van der Waals surface area (Å²) in [6.45, 7) is 7.25. The molecule has 5 nitrogen and oxygen atoms in total. The fourth-order valence-electron chi connectivity index (χ4n) is 2.02. The zero-order valence-electron chi connectivity index (χ0n) is 12.9. The van der Waals surface area contributed by atoms with Crippen LogP contribution in [0.4, 0.5) is 5.69 Å². The molecule has 0 aliphatic rings. The minimum Gasteiger partial charge on any atom is -0.477 e. The number of rotatable bonds is 4. The molecule has 1 aromatic carbocycles. The molecule has 0 spiro atoms. The van der Waals surface area contributed by atoms with Gasteiger partial charge in [0.05, 0.1) is 11.6 Å². The molecule has 2 N–H and O–H groups in total. The molecule has 0 unspecified atom stereocenters. The molecule has 1 amide bonds. The van der Waals surface area contributed by atoms with E-state index < -0.39 is 11.9 Å². The largest absolute Gasteiger partial charge is 0.477 e. The van der Waals surface area contributed by atoms with Crippen molar-refractivity contribution in [1.82, 2.24) is 4.98 Å². The Morgan fingerprint density at radius 2 is 1.95 bits per heavy atom. The lowest BCUT2D eigenvalue weighted by atomic mass is 10.1. The zero-order chi connectivity index (χ0) is 16.4. The highest BCUT2D eigenvalue weighted by Crippen LogP contribution is 2.26. The van der Waals surface area contributed by atoms with Crippen molar-refractivity contribution in [2.24, 2.45) is 0 Å². The molecule has 2 aromatic rings. The minimum absolute atomic E-state index is 0.182. The minimum atomic E-state index is -1.01. The van der Waals surface area contributed by atoms with Gasteiger partial charge in [-0.25, -0.2) is 9.78 Å². The molecule has 116 valence electrons. The number of carbonyl (C=O) groups is 2. The molecular weight excluding hydrogens is 300 g/mol. The van der Waals surface area contributed by atoms with Gasteiger partial charge in [-0.2, -0.15) is 0 Å². The number of amides is 1. The van der Waals surface area contributed by atoms with E-state index in [2.05, 4.69) is 10.3 Å². The molecule has 0 saturated heterocycles. The van der Waals surface area contributed by atoms with E-state index in [0.717, 1.165) is 28.2 Å². The Bertz CT molecular complexity index is 737. The Balaban J connectivity index is 2.20. The third-order valence-electron chi connectivity index (χ3n) is 3.42. The summed E-state index contributed by atoms with van der Waals surface area (Å²) < 4.78 is 0. The van der Waals surface area contributed by atoms with Gasteiger partial charge in [-0.3, -0.25) is 4.79 Å². The van der Waals surface area contributed by atoms with E-state index in [1.165, 1.54) is 0 Å². The molecule has 0 radical (unpaired) electrons. The van der Waals surface area contributed by atoms with Crippen molar-refractivity contribution >= 4 is 28.9 Å². The summed E-state index contributed by atoms with van der Waals surface area (Å²) in [6, 6.07) is 5.85. The lowest BCUT2D eigenvalue weighted by Crippen LogP contribution is -2.19. The fraction of sp³-hybridized carbons (Fsp3) is 0.312. The highest BCUT2D eigenvalue weighted by atomic mass is 32.1. The van der Waals surface area contributed by atoms with Gasteiger partial charge in [0, 0.05) is 5.69 Å². The van der Waals surface area contributed by atoms with Gasteiger partial charge in [-0.1, -0.05) is 12.1 Å². The van der Waals surface area contributed by atoms with Crippen molar-refractivity contribution in [1.29, 1.82) is 0 Å². The normalized spacial score (nSPS) is 12.0. The quantitative estimate of drug-likeness (QED) is 0.904. The number of hydrogen-bond acceptors (Lipinski definition) is 4. The van der Waals surface area contributed by atoms with Gasteiger partial charge in [0.2, 0.25) is 5.91 Å². The Morgan fingerprint density at radius 1 is 1.27 bits per heavy atom. The van der Waals surface area contributed by atoms with Gasteiger partial charge in [0.1, 0.15) is 9.88 Å². The molecule has 22 heavy (non-hydrogen) atoms. The first-order valence-corrected chi connectivity index (χ1v) is 7.70. The summed E-state index contributed by atoms with van der Waals surface area (Å²) in [6.07, 6.45) is 0. The third kappa shape index (κ3) is 3.33. The molecule has 0 saturated carbocycles. The second-order valence-corrected chi connectivity index (χ2v) is 6.33. The third-order valence-corrected chi connectivity index (χ3v) is 4.75. The Labute approximate surface area is 133 Å². The topological polar surface area (TPSA) is 79.3 Å². The van der Waals surface area contributed by atoms with Gasteiger partial charge >= 0.3 is 5.97 Å². The van der Waals surface area contributed by atoms with Crippen LogP contribution >= 0.6 is 11.3 Å². The fourth-order valence-corrected chi connectivity index (χ4v) is 2.98.